The highest BCUT2D eigenvalue weighted by Crippen LogP contribution is 2.21. The molecule has 0 aliphatic heterocycles. The monoisotopic (exact) mass is 234 g/mol. The van der Waals surface area contributed by atoms with Crippen LogP contribution >= 0.6 is 11.6 Å². The molecule has 0 saturated carbocycles. The number of nitrogens with zero attached hydrogens (tertiary/aromatic N) is 2. The van der Waals surface area contributed by atoms with E-state index < -0.39 is 0 Å². The van der Waals surface area contributed by atoms with Gasteiger partial charge in [-0.05, 0) is 30.3 Å². The Hall–Kier alpha value is -1.28. The third kappa shape index (κ3) is 2.27. The first-order valence-electron chi connectivity index (χ1n) is 5.29. The van der Waals surface area contributed by atoms with Crippen molar-refractivity contribution in [3.8, 4) is 5.69 Å². The van der Waals surface area contributed by atoms with Crippen LogP contribution in [0.15, 0.2) is 36.5 Å². The number of hydrogen-bond acceptors (Lipinski definition) is 1. The molecule has 0 aliphatic carbocycles. The molecule has 84 valence electrons. The lowest BCUT2D eigenvalue weighted by molar-refractivity contribution is 0.560. The zero-order valence-corrected chi connectivity index (χ0v) is 10.5. The van der Waals surface area contributed by atoms with E-state index in [1.54, 1.807) is 0 Å². The molecule has 2 aromatic rings. The molecule has 2 nitrogen and oxygen atoms in total. The quantitative estimate of drug-likeness (QED) is 0.734. The summed E-state index contributed by atoms with van der Waals surface area (Å²) in [5.74, 6) is 0. The molecule has 2 rings (SSSR count). The molecule has 0 bridgehead atoms. The van der Waals surface area contributed by atoms with E-state index >= 15 is 0 Å². The average Bonchev–Trinajstić information content (AvgIpc) is 2.67. The number of rotatable bonds is 1. The van der Waals surface area contributed by atoms with Crippen molar-refractivity contribution in [2.75, 3.05) is 0 Å². The van der Waals surface area contributed by atoms with Gasteiger partial charge in [-0.3, -0.25) is 0 Å². The third-order valence-electron chi connectivity index (χ3n) is 2.45. The summed E-state index contributed by atoms with van der Waals surface area (Å²) in [4.78, 5) is 0. The maximum atomic E-state index is 5.85. The predicted molar refractivity (Wildman–Crippen MR) is 67.3 cm³/mol. The minimum absolute atomic E-state index is 0.0810. The Balaban J connectivity index is 2.35. The van der Waals surface area contributed by atoms with Crippen LogP contribution in [-0.2, 0) is 5.41 Å². The van der Waals surface area contributed by atoms with Crippen molar-refractivity contribution in [2.24, 2.45) is 0 Å². The molecule has 0 fully saturated rings. The topological polar surface area (TPSA) is 17.8 Å². The smallest absolute Gasteiger partial charge is 0.0682 e. The first-order valence-corrected chi connectivity index (χ1v) is 5.67. The molecule has 1 heterocycles. The van der Waals surface area contributed by atoms with Crippen LogP contribution in [0.3, 0.4) is 0 Å². The van der Waals surface area contributed by atoms with Crippen LogP contribution in [0.5, 0.6) is 0 Å². The van der Waals surface area contributed by atoms with Gasteiger partial charge in [-0.2, -0.15) is 5.10 Å². The first-order chi connectivity index (χ1) is 7.47. The SMILES string of the molecule is CC(C)(C)c1ccn(-c2ccc(Cl)cc2)n1. The molecule has 1 aromatic carbocycles. The van der Waals surface area contributed by atoms with Crippen molar-refractivity contribution in [3.05, 3.63) is 47.2 Å². The Morgan fingerprint density at radius 1 is 1.06 bits per heavy atom. The van der Waals surface area contributed by atoms with Gasteiger partial charge in [0.1, 0.15) is 0 Å². The van der Waals surface area contributed by atoms with Gasteiger partial charge >= 0.3 is 0 Å². The largest absolute Gasteiger partial charge is 0.241 e. The van der Waals surface area contributed by atoms with Crippen LogP contribution in [0.4, 0.5) is 0 Å². The molecular weight excluding hydrogens is 220 g/mol. The molecule has 0 atom stereocenters. The molecule has 0 spiro atoms. The maximum Gasteiger partial charge on any atom is 0.0682 e. The lowest BCUT2D eigenvalue weighted by Crippen LogP contribution is -2.12. The lowest BCUT2D eigenvalue weighted by atomic mass is 9.93. The summed E-state index contributed by atoms with van der Waals surface area (Å²) in [5, 5.41) is 5.30. The van der Waals surface area contributed by atoms with E-state index in [4.69, 9.17) is 11.6 Å². The molecule has 1 aromatic heterocycles. The van der Waals surface area contributed by atoms with E-state index in [-0.39, 0.29) is 5.41 Å². The second-order valence-corrected chi connectivity index (χ2v) is 5.31. The summed E-state index contributed by atoms with van der Waals surface area (Å²) in [7, 11) is 0. The minimum Gasteiger partial charge on any atom is -0.241 e. The van der Waals surface area contributed by atoms with Crippen LogP contribution in [0.25, 0.3) is 5.69 Å². The van der Waals surface area contributed by atoms with Gasteiger partial charge in [0.15, 0.2) is 0 Å². The summed E-state index contributed by atoms with van der Waals surface area (Å²) in [6.07, 6.45) is 1.98. The molecule has 0 N–H and O–H groups in total. The molecule has 0 unspecified atom stereocenters. The van der Waals surface area contributed by atoms with Crippen LogP contribution in [0, 0.1) is 0 Å². The Morgan fingerprint density at radius 3 is 2.19 bits per heavy atom. The highest BCUT2D eigenvalue weighted by atomic mass is 35.5. The van der Waals surface area contributed by atoms with Gasteiger partial charge in [-0.1, -0.05) is 32.4 Å². The molecule has 0 radical (unpaired) electrons. The van der Waals surface area contributed by atoms with Gasteiger partial charge in [-0.15, -0.1) is 0 Å². The van der Waals surface area contributed by atoms with E-state index in [1.807, 2.05) is 35.1 Å². The van der Waals surface area contributed by atoms with Crippen molar-refractivity contribution in [1.82, 2.24) is 9.78 Å². The standard InChI is InChI=1S/C13H15ClN2/c1-13(2,3)12-8-9-16(15-12)11-6-4-10(14)5-7-11/h4-9H,1-3H3. The first kappa shape index (κ1) is 11.2. The van der Waals surface area contributed by atoms with Crippen LogP contribution < -0.4 is 0 Å². The lowest BCUT2D eigenvalue weighted by Gasteiger charge is -2.14. The second kappa shape index (κ2) is 3.95. The van der Waals surface area contributed by atoms with Crippen molar-refractivity contribution in [3.63, 3.8) is 0 Å². The van der Waals surface area contributed by atoms with Crippen molar-refractivity contribution < 1.29 is 0 Å². The summed E-state index contributed by atoms with van der Waals surface area (Å²) < 4.78 is 1.87. The average molecular weight is 235 g/mol. The Labute approximate surface area is 101 Å². The predicted octanol–water partition coefficient (Wildman–Crippen LogP) is 3.82. The van der Waals surface area contributed by atoms with E-state index in [0.717, 1.165) is 16.4 Å². The maximum absolute atomic E-state index is 5.85. The van der Waals surface area contributed by atoms with E-state index in [9.17, 15) is 0 Å². The second-order valence-electron chi connectivity index (χ2n) is 4.87. The highest BCUT2D eigenvalue weighted by molar-refractivity contribution is 6.30. The van der Waals surface area contributed by atoms with Gasteiger partial charge in [-0.25, -0.2) is 4.68 Å². The van der Waals surface area contributed by atoms with Gasteiger partial charge in [0.2, 0.25) is 0 Å². The van der Waals surface area contributed by atoms with Gasteiger partial charge in [0.25, 0.3) is 0 Å². The zero-order chi connectivity index (χ0) is 11.8. The molecule has 0 aliphatic rings. The summed E-state index contributed by atoms with van der Waals surface area (Å²) in [5.41, 5.74) is 2.19. The Bertz CT molecular complexity index is 477. The van der Waals surface area contributed by atoms with Gasteiger partial charge in [0, 0.05) is 16.6 Å². The Morgan fingerprint density at radius 2 is 1.69 bits per heavy atom. The third-order valence-corrected chi connectivity index (χ3v) is 2.70. The summed E-state index contributed by atoms with van der Waals surface area (Å²) >= 11 is 5.85. The molecule has 3 heteroatoms. The van der Waals surface area contributed by atoms with Crippen molar-refractivity contribution in [1.29, 1.82) is 0 Å². The normalized spacial score (nSPS) is 11.8. The van der Waals surface area contributed by atoms with Crippen molar-refractivity contribution in [2.45, 2.75) is 26.2 Å². The highest BCUT2D eigenvalue weighted by Gasteiger charge is 2.16. The minimum atomic E-state index is 0.0810. The van der Waals surface area contributed by atoms with Crippen molar-refractivity contribution >= 4 is 11.6 Å². The fourth-order valence-electron chi connectivity index (χ4n) is 1.46. The molecule has 0 saturated heterocycles. The van der Waals surface area contributed by atoms with Gasteiger partial charge in [0.05, 0.1) is 11.4 Å². The number of aromatic nitrogens is 2. The molecular formula is C13H15ClN2. The molecule has 16 heavy (non-hydrogen) atoms. The number of halogens is 1. The van der Waals surface area contributed by atoms with Crippen LogP contribution in [0.1, 0.15) is 26.5 Å². The van der Waals surface area contributed by atoms with E-state index in [1.165, 1.54) is 0 Å². The zero-order valence-electron chi connectivity index (χ0n) is 9.74. The van der Waals surface area contributed by atoms with Crippen LogP contribution in [0.2, 0.25) is 5.02 Å². The fraction of sp³-hybridized carbons (Fsp3) is 0.308. The summed E-state index contributed by atoms with van der Waals surface area (Å²) in [6, 6.07) is 9.71. The van der Waals surface area contributed by atoms with E-state index in [2.05, 4.69) is 31.9 Å². The molecule has 0 amide bonds. The summed E-state index contributed by atoms with van der Waals surface area (Å²) in [6.45, 7) is 6.46. The van der Waals surface area contributed by atoms with E-state index in [0.29, 0.717) is 0 Å². The van der Waals surface area contributed by atoms with Gasteiger partial charge < -0.3 is 0 Å². The number of hydrogen-bond donors (Lipinski definition) is 0. The fourth-order valence-corrected chi connectivity index (χ4v) is 1.59. The Kier molecular flexibility index (Phi) is 2.76. The van der Waals surface area contributed by atoms with Crippen LogP contribution in [-0.4, -0.2) is 9.78 Å². The number of benzene rings is 1.